The third-order valence-electron chi connectivity index (χ3n) is 5.11. The number of nitrogen functional groups attached to an aromatic ring is 1. The van der Waals surface area contributed by atoms with E-state index in [0.29, 0.717) is 5.92 Å². The predicted octanol–water partition coefficient (Wildman–Crippen LogP) is 5.17. The second-order valence-corrected chi connectivity index (χ2v) is 7.60. The SMILES string of the molecule is CCC(CC)C(=O)Nc1sc2c(c1N)CCCC2c1ccccc1. The molecule has 0 aliphatic heterocycles. The van der Waals surface area contributed by atoms with Crippen molar-refractivity contribution in [2.24, 2.45) is 5.92 Å². The second kappa shape index (κ2) is 7.39. The minimum atomic E-state index is 0.0634. The smallest absolute Gasteiger partial charge is 0.228 e. The highest BCUT2D eigenvalue weighted by atomic mass is 32.1. The predicted molar refractivity (Wildman–Crippen MR) is 103 cm³/mol. The average molecular weight is 343 g/mol. The lowest BCUT2D eigenvalue weighted by Gasteiger charge is -2.22. The molecule has 0 bridgehead atoms. The summed E-state index contributed by atoms with van der Waals surface area (Å²) in [6.07, 6.45) is 5.03. The van der Waals surface area contributed by atoms with Crippen LogP contribution in [-0.4, -0.2) is 5.91 Å². The van der Waals surface area contributed by atoms with Crippen molar-refractivity contribution in [3.05, 3.63) is 46.3 Å². The van der Waals surface area contributed by atoms with Crippen LogP contribution in [0.4, 0.5) is 10.7 Å². The highest BCUT2D eigenvalue weighted by Crippen LogP contribution is 2.47. The minimum Gasteiger partial charge on any atom is -0.396 e. The van der Waals surface area contributed by atoms with Gasteiger partial charge in [-0.25, -0.2) is 0 Å². The monoisotopic (exact) mass is 342 g/mol. The average Bonchev–Trinajstić information content (AvgIpc) is 2.93. The van der Waals surface area contributed by atoms with Gasteiger partial charge in [-0.05, 0) is 43.2 Å². The first-order valence-electron chi connectivity index (χ1n) is 8.92. The van der Waals surface area contributed by atoms with E-state index in [1.165, 1.54) is 16.0 Å². The summed E-state index contributed by atoms with van der Waals surface area (Å²) in [6, 6.07) is 10.6. The molecule has 3 rings (SSSR count). The van der Waals surface area contributed by atoms with Crippen LogP contribution in [0, 0.1) is 5.92 Å². The lowest BCUT2D eigenvalue weighted by molar-refractivity contribution is -0.120. The quantitative estimate of drug-likeness (QED) is 0.787. The van der Waals surface area contributed by atoms with Gasteiger partial charge in [0.05, 0.1) is 5.69 Å². The van der Waals surface area contributed by atoms with Crippen molar-refractivity contribution in [1.82, 2.24) is 0 Å². The van der Waals surface area contributed by atoms with Gasteiger partial charge < -0.3 is 11.1 Å². The van der Waals surface area contributed by atoms with Crippen molar-refractivity contribution in [2.45, 2.75) is 51.9 Å². The van der Waals surface area contributed by atoms with Crippen LogP contribution in [0.2, 0.25) is 0 Å². The summed E-state index contributed by atoms with van der Waals surface area (Å²) in [6.45, 7) is 4.12. The number of nitrogens with two attached hydrogens (primary N) is 1. The molecule has 1 aliphatic carbocycles. The van der Waals surface area contributed by atoms with Crippen molar-refractivity contribution < 1.29 is 4.79 Å². The van der Waals surface area contributed by atoms with Crippen molar-refractivity contribution >= 4 is 27.9 Å². The molecule has 1 unspecified atom stereocenters. The molecule has 3 nitrogen and oxygen atoms in total. The van der Waals surface area contributed by atoms with Gasteiger partial charge in [0.25, 0.3) is 0 Å². The Kier molecular flexibility index (Phi) is 5.24. The van der Waals surface area contributed by atoms with Crippen LogP contribution in [-0.2, 0) is 11.2 Å². The molecule has 3 N–H and O–H groups in total. The minimum absolute atomic E-state index is 0.0634. The Labute approximate surface area is 148 Å². The third-order valence-corrected chi connectivity index (χ3v) is 6.39. The highest BCUT2D eigenvalue weighted by Gasteiger charge is 2.28. The van der Waals surface area contributed by atoms with E-state index >= 15 is 0 Å². The number of hydrogen-bond donors (Lipinski definition) is 2. The number of anilines is 2. The Balaban J connectivity index is 1.90. The molecule has 0 saturated heterocycles. The maximum absolute atomic E-state index is 12.4. The maximum Gasteiger partial charge on any atom is 0.228 e. The Morgan fingerprint density at radius 1 is 1.29 bits per heavy atom. The normalized spacial score (nSPS) is 16.9. The van der Waals surface area contributed by atoms with Crippen LogP contribution in [0.1, 0.15) is 61.5 Å². The van der Waals surface area contributed by atoms with E-state index in [-0.39, 0.29) is 11.8 Å². The highest BCUT2D eigenvalue weighted by molar-refractivity contribution is 7.17. The molecule has 1 amide bonds. The molecule has 24 heavy (non-hydrogen) atoms. The lowest BCUT2D eigenvalue weighted by atomic mass is 9.84. The fourth-order valence-electron chi connectivity index (χ4n) is 3.62. The Morgan fingerprint density at radius 3 is 2.67 bits per heavy atom. The Morgan fingerprint density at radius 2 is 2.00 bits per heavy atom. The number of hydrogen-bond acceptors (Lipinski definition) is 3. The molecule has 0 fully saturated rings. The zero-order valence-corrected chi connectivity index (χ0v) is 15.3. The summed E-state index contributed by atoms with van der Waals surface area (Å²) < 4.78 is 0. The zero-order valence-electron chi connectivity index (χ0n) is 14.5. The fourth-order valence-corrected chi connectivity index (χ4v) is 4.96. The molecule has 1 aromatic carbocycles. The number of benzene rings is 1. The molecule has 1 atom stereocenters. The summed E-state index contributed by atoms with van der Waals surface area (Å²) in [4.78, 5) is 13.8. The van der Waals surface area contributed by atoms with E-state index in [4.69, 9.17) is 5.73 Å². The number of rotatable bonds is 5. The molecule has 0 saturated carbocycles. The van der Waals surface area contributed by atoms with Crippen LogP contribution in [0.5, 0.6) is 0 Å². The number of nitrogens with one attached hydrogen (secondary N) is 1. The van der Waals surface area contributed by atoms with Gasteiger partial charge >= 0.3 is 0 Å². The number of thiophene rings is 1. The van der Waals surface area contributed by atoms with Gasteiger partial charge in [-0.3, -0.25) is 4.79 Å². The molecule has 2 aromatic rings. The topological polar surface area (TPSA) is 55.1 Å². The van der Waals surface area contributed by atoms with E-state index in [2.05, 4.69) is 49.5 Å². The van der Waals surface area contributed by atoms with E-state index in [9.17, 15) is 4.79 Å². The standard InChI is InChI=1S/C20H26N2OS/c1-3-13(4-2)19(23)22-20-17(21)16-12-8-11-15(18(16)24-20)14-9-6-5-7-10-14/h5-7,9-10,13,15H,3-4,8,11-12,21H2,1-2H3,(H,22,23). The van der Waals surface area contributed by atoms with E-state index < -0.39 is 0 Å². The molecule has 0 spiro atoms. The van der Waals surface area contributed by atoms with Crippen LogP contribution in [0.15, 0.2) is 30.3 Å². The molecule has 128 valence electrons. The number of fused-ring (bicyclic) bond motifs is 1. The summed E-state index contributed by atoms with van der Waals surface area (Å²) in [5.74, 6) is 0.566. The Bertz CT molecular complexity index is 704. The van der Waals surface area contributed by atoms with Gasteiger partial charge in [0.15, 0.2) is 0 Å². The Hall–Kier alpha value is -1.81. The van der Waals surface area contributed by atoms with Gasteiger partial charge in [0.1, 0.15) is 5.00 Å². The molecule has 0 radical (unpaired) electrons. The zero-order chi connectivity index (χ0) is 17.1. The van der Waals surface area contributed by atoms with Crippen molar-refractivity contribution in [3.8, 4) is 0 Å². The molecule has 1 aliphatic rings. The van der Waals surface area contributed by atoms with Crippen LogP contribution < -0.4 is 11.1 Å². The summed E-state index contributed by atoms with van der Waals surface area (Å²) in [5.41, 5.74) is 9.77. The first-order valence-corrected chi connectivity index (χ1v) is 9.74. The molecule has 1 heterocycles. The summed E-state index contributed by atoms with van der Waals surface area (Å²) in [7, 11) is 0. The van der Waals surface area contributed by atoms with Crippen molar-refractivity contribution in [2.75, 3.05) is 11.1 Å². The van der Waals surface area contributed by atoms with Crippen molar-refractivity contribution in [1.29, 1.82) is 0 Å². The molecule has 1 aromatic heterocycles. The lowest BCUT2D eigenvalue weighted by Crippen LogP contribution is -2.21. The first kappa shape index (κ1) is 17.0. The van der Waals surface area contributed by atoms with E-state index in [1.54, 1.807) is 11.3 Å². The number of carbonyl (C=O) groups is 1. The van der Waals surface area contributed by atoms with Crippen LogP contribution in [0.25, 0.3) is 0 Å². The number of amides is 1. The third kappa shape index (κ3) is 3.20. The first-order chi connectivity index (χ1) is 11.7. The maximum atomic E-state index is 12.4. The summed E-state index contributed by atoms with van der Waals surface area (Å²) in [5, 5.41) is 3.94. The van der Waals surface area contributed by atoms with E-state index in [1.807, 2.05) is 0 Å². The van der Waals surface area contributed by atoms with Gasteiger partial charge in [0.2, 0.25) is 5.91 Å². The molecule has 4 heteroatoms. The largest absolute Gasteiger partial charge is 0.396 e. The summed E-state index contributed by atoms with van der Waals surface area (Å²) >= 11 is 1.67. The van der Waals surface area contributed by atoms with Gasteiger partial charge in [-0.15, -0.1) is 11.3 Å². The number of carbonyl (C=O) groups excluding carboxylic acids is 1. The van der Waals surface area contributed by atoms with E-state index in [0.717, 1.165) is 42.8 Å². The van der Waals surface area contributed by atoms with Crippen LogP contribution >= 0.6 is 11.3 Å². The second-order valence-electron chi connectivity index (χ2n) is 6.55. The van der Waals surface area contributed by atoms with Gasteiger partial charge in [-0.2, -0.15) is 0 Å². The fraction of sp³-hybridized carbons (Fsp3) is 0.450. The van der Waals surface area contributed by atoms with Crippen molar-refractivity contribution in [3.63, 3.8) is 0 Å². The van der Waals surface area contributed by atoms with Crippen LogP contribution in [0.3, 0.4) is 0 Å². The molecular formula is C20H26N2OS. The van der Waals surface area contributed by atoms with Gasteiger partial charge in [0, 0.05) is 16.7 Å². The molecular weight excluding hydrogens is 316 g/mol. The van der Waals surface area contributed by atoms with Gasteiger partial charge in [-0.1, -0.05) is 44.2 Å².